The van der Waals surface area contributed by atoms with Gasteiger partial charge in [0, 0.05) is 30.4 Å². The third-order valence-electron chi connectivity index (χ3n) is 4.65. The SMILES string of the molecule is CC(=O)N1c2ccc(C(N)=O)cc2CC(C)[C@@H]1C.N#Cc1ccc(N)nc1. The lowest BCUT2D eigenvalue weighted by Crippen LogP contribution is -2.45. The molecule has 27 heavy (non-hydrogen) atoms. The number of nitrogen functional groups attached to an aromatic ring is 1. The zero-order valence-corrected chi connectivity index (χ0v) is 15.6. The number of rotatable bonds is 1. The Balaban J connectivity index is 0.000000244. The molecule has 2 aromatic rings. The molecular weight excluding hydrogens is 342 g/mol. The number of fused-ring (bicyclic) bond motifs is 1. The Labute approximate surface area is 158 Å². The van der Waals surface area contributed by atoms with Crippen LogP contribution in [-0.2, 0) is 11.2 Å². The average Bonchev–Trinajstić information content (AvgIpc) is 2.63. The van der Waals surface area contributed by atoms with E-state index in [0.717, 1.165) is 17.7 Å². The van der Waals surface area contributed by atoms with Gasteiger partial charge in [-0.15, -0.1) is 0 Å². The molecule has 0 saturated heterocycles. The number of amides is 2. The summed E-state index contributed by atoms with van der Waals surface area (Å²) in [5.41, 5.74) is 13.5. The lowest BCUT2D eigenvalue weighted by molar-refractivity contribution is -0.117. The maximum absolute atomic E-state index is 11.8. The van der Waals surface area contributed by atoms with Gasteiger partial charge < -0.3 is 16.4 Å². The van der Waals surface area contributed by atoms with E-state index in [1.165, 1.54) is 6.20 Å². The van der Waals surface area contributed by atoms with Crippen LogP contribution in [0.2, 0.25) is 0 Å². The van der Waals surface area contributed by atoms with Gasteiger partial charge in [-0.3, -0.25) is 9.59 Å². The first-order valence-corrected chi connectivity index (χ1v) is 8.58. The molecule has 0 radical (unpaired) electrons. The summed E-state index contributed by atoms with van der Waals surface area (Å²) in [7, 11) is 0. The van der Waals surface area contributed by atoms with E-state index in [1.807, 2.05) is 12.1 Å². The third kappa shape index (κ3) is 4.61. The molecule has 7 nitrogen and oxygen atoms in total. The molecule has 2 amide bonds. The van der Waals surface area contributed by atoms with Crippen LogP contribution >= 0.6 is 0 Å². The number of pyridine rings is 1. The van der Waals surface area contributed by atoms with Crippen molar-refractivity contribution >= 4 is 23.3 Å². The highest BCUT2D eigenvalue weighted by atomic mass is 16.2. The van der Waals surface area contributed by atoms with E-state index in [-0.39, 0.29) is 11.9 Å². The second-order valence-electron chi connectivity index (χ2n) is 6.60. The number of carbonyl (C=O) groups excluding carboxylic acids is 2. The molecule has 0 fully saturated rings. The van der Waals surface area contributed by atoms with Crippen molar-refractivity contribution in [2.75, 3.05) is 10.6 Å². The maximum Gasteiger partial charge on any atom is 0.248 e. The first-order chi connectivity index (χ1) is 12.7. The molecule has 1 unspecified atom stereocenters. The van der Waals surface area contributed by atoms with Crippen LogP contribution in [0, 0.1) is 17.2 Å². The molecule has 3 rings (SSSR count). The number of nitrogens with two attached hydrogens (primary N) is 2. The standard InChI is InChI=1S/C14H18N2O2.C6H5N3/c1-8-6-12-7-11(14(15)18)4-5-13(12)16(9(8)2)10(3)17;7-3-5-1-2-6(8)9-4-5/h4-5,7-9H,6H2,1-3H3,(H2,15,18);1-2,4H,(H2,8,9)/t8?,9-;/m0./s1. The van der Waals surface area contributed by atoms with Crippen LogP contribution in [0.25, 0.3) is 0 Å². The predicted octanol–water partition coefficient (Wildman–Crippen LogP) is 2.25. The van der Waals surface area contributed by atoms with Gasteiger partial charge in [-0.05, 0) is 55.2 Å². The van der Waals surface area contributed by atoms with Gasteiger partial charge in [0.05, 0.1) is 5.56 Å². The highest BCUT2D eigenvalue weighted by Gasteiger charge is 2.31. The molecule has 1 aliphatic rings. The van der Waals surface area contributed by atoms with E-state index < -0.39 is 5.91 Å². The minimum Gasteiger partial charge on any atom is -0.384 e. The van der Waals surface area contributed by atoms with Crippen molar-refractivity contribution in [1.29, 1.82) is 5.26 Å². The second-order valence-corrected chi connectivity index (χ2v) is 6.60. The molecule has 1 aliphatic heterocycles. The fourth-order valence-electron chi connectivity index (χ4n) is 3.06. The van der Waals surface area contributed by atoms with E-state index in [0.29, 0.717) is 22.9 Å². The summed E-state index contributed by atoms with van der Waals surface area (Å²) >= 11 is 0. The maximum atomic E-state index is 11.8. The highest BCUT2D eigenvalue weighted by Crippen LogP contribution is 2.34. The van der Waals surface area contributed by atoms with Crippen LogP contribution in [0.1, 0.15) is 42.3 Å². The molecular formula is C20H23N5O2. The Morgan fingerprint density at radius 1 is 1.26 bits per heavy atom. The zero-order chi connectivity index (χ0) is 20.1. The van der Waals surface area contributed by atoms with Gasteiger partial charge in [-0.2, -0.15) is 5.26 Å². The van der Waals surface area contributed by atoms with Crippen molar-refractivity contribution in [3.8, 4) is 6.07 Å². The Hall–Kier alpha value is -3.40. The number of aromatic nitrogens is 1. The molecule has 0 bridgehead atoms. The van der Waals surface area contributed by atoms with Crippen LogP contribution in [0.3, 0.4) is 0 Å². The Kier molecular flexibility index (Phi) is 6.14. The van der Waals surface area contributed by atoms with Gasteiger partial charge in [-0.25, -0.2) is 4.98 Å². The topological polar surface area (TPSA) is 126 Å². The van der Waals surface area contributed by atoms with Crippen LogP contribution in [0.5, 0.6) is 0 Å². The average molecular weight is 365 g/mol. The quantitative estimate of drug-likeness (QED) is 0.801. The van der Waals surface area contributed by atoms with Gasteiger partial charge in [0.1, 0.15) is 11.9 Å². The monoisotopic (exact) mass is 365 g/mol. The first kappa shape index (κ1) is 19.9. The summed E-state index contributed by atoms with van der Waals surface area (Å²) in [5, 5.41) is 8.30. The third-order valence-corrected chi connectivity index (χ3v) is 4.65. The zero-order valence-electron chi connectivity index (χ0n) is 15.6. The molecule has 0 saturated carbocycles. The Morgan fingerprint density at radius 2 is 1.96 bits per heavy atom. The minimum absolute atomic E-state index is 0.0297. The molecule has 4 N–H and O–H groups in total. The molecule has 2 atom stereocenters. The number of primary amides is 1. The van der Waals surface area contributed by atoms with Crippen molar-refractivity contribution in [2.24, 2.45) is 11.7 Å². The molecule has 0 aliphatic carbocycles. The summed E-state index contributed by atoms with van der Waals surface area (Å²) in [6.45, 7) is 5.73. The summed E-state index contributed by atoms with van der Waals surface area (Å²) in [6.07, 6.45) is 2.30. The molecule has 1 aromatic carbocycles. The number of hydrogen-bond donors (Lipinski definition) is 2. The van der Waals surface area contributed by atoms with Gasteiger partial charge in [-0.1, -0.05) is 6.92 Å². The summed E-state index contributed by atoms with van der Waals surface area (Å²) < 4.78 is 0. The number of benzene rings is 1. The van der Waals surface area contributed by atoms with E-state index in [1.54, 1.807) is 36.1 Å². The Morgan fingerprint density at radius 3 is 2.48 bits per heavy atom. The summed E-state index contributed by atoms with van der Waals surface area (Å²) in [4.78, 5) is 28.5. The smallest absolute Gasteiger partial charge is 0.248 e. The fraction of sp³-hybridized carbons (Fsp3) is 0.300. The number of nitrogens with zero attached hydrogens (tertiary/aromatic N) is 3. The number of nitriles is 1. The van der Waals surface area contributed by atoms with Crippen molar-refractivity contribution in [2.45, 2.75) is 33.2 Å². The normalized spacial score (nSPS) is 17.8. The molecule has 1 aromatic heterocycles. The van der Waals surface area contributed by atoms with E-state index in [2.05, 4.69) is 18.8 Å². The van der Waals surface area contributed by atoms with Crippen LogP contribution in [0.15, 0.2) is 36.5 Å². The second kappa shape index (κ2) is 8.32. The predicted molar refractivity (Wildman–Crippen MR) is 104 cm³/mol. The van der Waals surface area contributed by atoms with Gasteiger partial charge >= 0.3 is 0 Å². The van der Waals surface area contributed by atoms with Gasteiger partial charge in [0.25, 0.3) is 0 Å². The van der Waals surface area contributed by atoms with Crippen LogP contribution in [0.4, 0.5) is 11.5 Å². The van der Waals surface area contributed by atoms with Crippen molar-refractivity contribution in [1.82, 2.24) is 4.98 Å². The minimum atomic E-state index is -0.432. The number of anilines is 2. The molecule has 140 valence electrons. The van der Waals surface area contributed by atoms with E-state index >= 15 is 0 Å². The molecule has 0 spiro atoms. The largest absolute Gasteiger partial charge is 0.384 e. The van der Waals surface area contributed by atoms with Crippen LogP contribution in [-0.4, -0.2) is 22.8 Å². The molecule has 7 heteroatoms. The summed E-state index contributed by atoms with van der Waals surface area (Å²) in [5.74, 6) is 0.402. The van der Waals surface area contributed by atoms with E-state index in [9.17, 15) is 9.59 Å². The Bertz CT molecular complexity index is 886. The first-order valence-electron chi connectivity index (χ1n) is 8.58. The number of hydrogen-bond acceptors (Lipinski definition) is 5. The lowest BCUT2D eigenvalue weighted by Gasteiger charge is -2.39. The van der Waals surface area contributed by atoms with Crippen LogP contribution < -0.4 is 16.4 Å². The van der Waals surface area contributed by atoms with Gasteiger partial charge in [0.15, 0.2) is 0 Å². The fourth-order valence-corrected chi connectivity index (χ4v) is 3.06. The summed E-state index contributed by atoms with van der Waals surface area (Å²) in [6, 6.07) is 10.6. The number of carbonyl (C=O) groups is 2. The molecule has 2 heterocycles. The van der Waals surface area contributed by atoms with Gasteiger partial charge in [0.2, 0.25) is 11.8 Å². The van der Waals surface area contributed by atoms with E-state index in [4.69, 9.17) is 16.7 Å². The lowest BCUT2D eigenvalue weighted by atomic mass is 9.87. The highest BCUT2D eigenvalue weighted by molar-refractivity contribution is 5.96. The van der Waals surface area contributed by atoms with Crippen molar-refractivity contribution in [3.63, 3.8) is 0 Å². The van der Waals surface area contributed by atoms with Crippen molar-refractivity contribution < 1.29 is 9.59 Å². The van der Waals surface area contributed by atoms with Crippen molar-refractivity contribution in [3.05, 3.63) is 53.2 Å².